The highest BCUT2D eigenvalue weighted by atomic mass is 19.1. The van der Waals surface area contributed by atoms with Crippen molar-refractivity contribution in [3.05, 3.63) is 65.5 Å². The van der Waals surface area contributed by atoms with Gasteiger partial charge >= 0.3 is 0 Å². The summed E-state index contributed by atoms with van der Waals surface area (Å²) in [5.41, 5.74) is 3.18. The van der Waals surface area contributed by atoms with Crippen LogP contribution in [0.25, 0.3) is 0 Å². The van der Waals surface area contributed by atoms with Gasteiger partial charge < -0.3 is 5.32 Å². The molecule has 1 fully saturated rings. The van der Waals surface area contributed by atoms with Crippen molar-refractivity contribution in [2.45, 2.75) is 25.7 Å². The molecule has 3 rings (SSSR count). The predicted octanol–water partition coefficient (Wildman–Crippen LogP) is 3.95. The van der Waals surface area contributed by atoms with Gasteiger partial charge in [-0.15, -0.1) is 0 Å². The van der Waals surface area contributed by atoms with Crippen LogP contribution in [-0.4, -0.2) is 30.4 Å². The quantitative estimate of drug-likeness (QED) is 0.922. The Kier molecular flexibility index (Phi) is 5.26. The maximum atomic E-state index is 13.0. The zero-order valence-electron chi connectivity index (χ0n) is 14.0. The lowest BCUT2D eigenvalue weighted by molar-refractivity contribution is -0.117. The number of benzene rings is 2. The van der Waals surface area contributed by atoms with E-state index in [1.165, 1.54) is 17.7 Å². The fourth-order valence-corrected chi connectivity index (χ4v) is 3.29. The minimum absolute atomic E-state index is 0.0285. The summed E-state index contributed by atoms with van der Waals surface area (Å²) in [4.78, 5) is 14.4. The first kappa shape index (κ1) is 16.7. The van der Waals surface area contributed by atoms with Gasteiger partial charge in [0.15, 0.2) is 0 Å². The van der Waals surface area contributed by atoms with E-state index in [4.69, 9.17) is 0 Å². The number of nitrogens with one attached hydrogen (secondary N) is 1. The van der Waals surface area contributed by atoms with Gasteiger partial charge in [0.1, 0.15) is 5.82 Å². The molecule has 3 nitrogen and oxygen atoms in total. The van der Waals surface area contributed by atoms with Gasteiger partial charge in [0.05, 0.1) is 6.54 Å². The van der Waals surface area contributed by atoms with Crippen molar-refractivity contribution in [1.82, 2.24) is 4.90 Å². The number of piperidine rings is 1. The Bertz CT molecular complexity index is 691. The van der Waals surface area contributed by atoms with Crippen LogP contribution in [0.15, 0.2) is 48.5 Å². The molecule has 2 aromatic rings. The second kappa shape index (κ2) is 7.58. The Morgan fingerprint density at radius 3 is 2.54 bits per heavy atom. The van der Waals surface area contributed by atoms with Crippen LogP contribution in [-0.2, 0) is 4.79 Å². The van der Waals surface area contributed by atoms with Crippen LogP contribution in [0.1, 0.15) is 29.9 Å². The van der Waals surface area contributed by atoms with E-state index in [0.29, 0.717) is 12.5 Å². The molecule has 0 atom stereocenters. The fraction of sp³-hybridized carbons (Fsp3) is 0.350. The molecule has 126 valence electrons. The number of hydrogen-bond acceptors (Lipinski definition) is 2. The third-order valence-corrected chi connectivity index (χ3v) is 4.60. The topological polar surface area (TPSA) is 32.3 Å². The standard InChI is InChI=1S/C20H23FN2O/c1-15-3-2-4-19(13-15)22-20(24)14-23-11-9-17(10-12-23)16-5-7-18(21)8-6-16/h2-8,13,17H,9-12,14H2,1H3,(H,22,24). The Hall–Kier alpha value is -2.20. The molecular formula is C20H23FN2O. The molecule has 1 heterocycles. The van der Waals surface area contributed by atoms with E-state index in [0.717, 1.165) is 37.2 Å². The average Bonchev–Trinajstić information content (AvgIpc) is 2.56. The number of aryl methyl sites for hydroxylation is 1. The predicted molar refractivity (Wildman–Crippen MR) is 94.6 cm³/mol. The number of amides is 1. The van der Waals surface area contributed by atoms with Crippen LogP contribution in [0.4, 0.5) is 10.1 Å². The molecule has 1 saturated heterocycles. The van der Waals surface area contributed by atoms with Gasteiger partial charge in [-0.2, -0.15) is 0 Å². The molecule has 0 aliphatic carbocycles. The van der Waals surface area contributed by atoms with Crippen LogP contribution in [0.3, 0.4) is 0 Å². The highest BCUT2D eigenvalue weighted by molar-refractivity contribution is 5.92. The smallest absolute Gasteiger partial charge is 0.238 e. The summed E-state index contributed by atoms with van der Waals surface area (Å²) in [5.74, 6) is 0.298. The van der Waals surface area contributed by atoms with E-state index in [1.807, 2.05) is 43.3 Å². The zero-order chi connectivity index (χ0) is 16.9. The second-order valence-electron chi connectivity index (χ2n) is 6.52. The van der Waals surface area contributed by atoms with Crippen LogP contribution < -0.4 is 5.32 Å². The summed E-state index contributed by atoms with van der Waals surface area (Å²) in [7, 11) is 0. The van der Waals surface area contributed by atoms with Gasteiger partial charge in [0, 0.05) is 5.69 Å². The molecule has 4 heteroatoms. The third-order valence-electron chi connectivity index (χ3n) is 4.60. The molecule has 24 heavy (non-hydrogen) atoms. The number of hydrogen-bond donors (Lipinski definition) is 1. The first-order valence-electron chi connectivity index (χ1n) is 8.44. The number of halogens is 1. The second-order valence-corrected chi connectivity index (χ2v) is 6.52. The number of likely N-dealkylation sites (tertiary alicyclic amines) is 1. The SMILES string of the molecule is Cc1cccc(NC(=O)CN2CCC(c3ccc(F)cc3)CC2)c1. The fourth-order valence-electron chi connectivity index (χ4n) is 3.29. The van der Waals surface area contributed by atoms with Gasteiger partial charge in [-0.05, 0) is 74.2 Å². The molecule has 0 saturated carbocycles. The molecule has 0 aromatic heterocycles. The molecule has 1 N–H and O–H groups in total. The van der Waals surface area contributed by atoms with Gasteiger partial charge in [-0.25, -0.2) is 4.39 Å². The van der Waals surface area contributed by atoms with Crippen LogP contribution >= 0.6 is 0 Å². The number of carbonyl (C=O) groups excluding carboxylic acids is 1. The Labute approximate surface area is 142 Å². The third kappa shape index (κ3) is 4.42. The minimum Gasteiger partial charge on any atom is -0.325 e. The lowest BCUT2D eigenvalue weighted by Gasteiger charge is -2.31. The first-order chi connectivity index (χ1) is 11.6. The highest BCUT2D eigenvalue weighted by Gasteiger charge is 2.22. The van der Waals surface area contributed by atoms with Crippen molar-refractivity contribution in [3.8, 4) is 0 Å². The number of carbonyl (C=O) groups is 1. The van der Waals surface area contributed by atoms with Crippen molar-refractivity contribution >= 4 is 11.6 Å². The Morgan fingerprint density at radius 2 is 1.88 bits per heavy atom. The maximum absolute atomic E-state index is 13.0. The van der Waals surface area contributed by atoms with Crippen LogP contribution in [0.5, 0.6) is 0 Å². The molecule has 0 bridgehead atoms. The van der Waals surface area contributed by atoms with E-state index in [2.05, 4.69) is 10.2 Å². The summed E-state index contributed by atoms with van der Waals surface area (Å²) in [6, 6.07) is 14.6. The van der Waals surface area contributed by atoms with Crippen molar-refractivity contribution in [1.29, 1.82) is 0 Å². The van der Waals surface area contributed by atoms with Gasteiger partial charge in [0.25, 0.3) is 0 Å². The summed E-state index contributed by atoms with van der Waals surface area (Å²) in [6.07, 6.45) is 2.01. The van der Waals surface area contributed by atoms with Gasteiger partial charge in [0.2, 0.25) is 5.91 Å². The summed E-state index contributed by atoms with van der Waals surface area (Å²) < 4.78 is 13.0. The number of anilines is 1. The summed E-state index contributed by atoms with van der Waals surface area (Å²) in [5, 5.41) is 2.96. The molecule has 0 radical (unpaired) electrons. The maximum Gasteiger partial charge on any atom is 0.238 e. The van der Waals surface area contributed by atoms with E-state index in [1.54, 1.807) is 0 Å². The van der Waals surface area contributed by atoms with Crippen molar-refractivity contribution in [3.63, 3.8) is 0 Å². The zero-order valence-corrected chi connectivity index (χ0v) is 14.0. The molecule has 0 spiro atoms. The molecule has 1 aliphatic heterocycles. The largest absolute Gasteiger partial charge is 0.325 e. The van der Waals surface area contributed by atoms with E-state index in [-0.39, 0.29) is 11.7 Å². The van der Waals surface area contributed by atoms with Crippen molar-refractivity contribution < 1.29 is 9.18 Å². The van der Waals surface area contributed by atoms with E-state index < -0.39 is 0 Å². The first-order valence-corrected chi connectivity index (χ1v) is 8.44. The van der Waals surface area contributed by atoms with Crippen molar-refractivity contribution in [2.24, 2.45) is 0 Å². The van der Waals surface area contributed by atoms with Gasteiger partial charge in [-0.1, -0.05) is 24.3 Å². The molecule has 2 aromatic carbocycles. The van der Waals surface area contributed by atoms with E-state index >= 15 is 0 Å². The lowest BCUT2D eigenvalue weighted by atomic mass is 9.89. The minimum atomic E-state index is -0.191. The summed E-state index contributed by atoms with van der Waals surface area (Å²) >= 11 is 0. The molecular weight excluding hydrogens is 303 g/mol. The number of rotatable bonds is 4. The van der Waals surface area contributed by atoms with E-state index in [9.17, 15) is 9.18 Å². The monoisotopic (exact) mass is 326 g/mol. The molecule has 1 aliphatic rings. The molecule has 0 unspecified atom stereocenters. The average molecular weight is 326 g/mol. The normalized spacial score (nSPS) is 16.1. The highest BCUT2D eigenvalue weighted by Crippen LogP contribution is 2.28. The lowest BCUT2D eigenvalue weighted by Crippen LogP contribution is -2.38. The number of nitrogens with zero attached hydrogens (tertiary/aromatic N) is 1. The molecule has 1 amide bonds. The van der Waals surface area contributed by atoms with Crippen LogP contribution in [0.2, 0.25) is 0 Å². The Morgan fingerprint density at radius 1 is 1.17 bits per heavy atom. The van der Waals surface area contributed by atoms with Crippen LogP contribution in [0, 0.1) is 12.7 Å². The van der Waals surface area contributed by atoms with Crippen molar-refractivity contribution in [2.75, 3.05) is 25.0 Å². The Balaban J connectivity index is 1.48. The van der Waals surface area contributed by atoms with Gasteiger partial charge in [-0.3, -0.25) is 9.69 Å². The summed E-state index contributed by atoms with van der Waals surface area (Å²) in [6.45, 7) is 4.21.